The standard InChI is InChI=1S/C13H23N3OS/c1-3-9-6-5-7-10(8-9)15-13-11(17-4-2)12(14)16-18-13/h9-10,15H,3-8H2,1-2H3,(H2,14,16). The van der Waals surface area contributed by atoms with Gasteiger partial charge in [0.15, 0.2) is 16.6 Å². The van der Waals surface area contributed by atoms with Crippen LogP contribution < -0.4 is 15.8 Å². The maximum Gasteiger partial charge on any atom is 0.197 e. The van der Waals surface area contributed by atoms with Crippen molar-refractivity contribution in [2.75, 3.05) is 17.7 Å². The smallest absolute Gasteiger partial charge is 0.197 e. The third-order valence-corrected chi connectivity index (χ3v) is 4.43. The average molecular weight is 269 g/mol. The zero-order valence-electron chi connectivity index (χ0n) is 11.2. The molecule has 2 rings (SSSR count). The van der Waals surface area contributed by atoms with Crippen LogP contribution in [-0.2, 0) is 0 Å². The number of rotatable bonds is 5. The number of nitrogens with one attached hydrogen (secondary N) is 1. The summed E-state index contributed by atoms with van der Waals surface area (Å²) in [6, 6.07) is 0.544. The van der Waals surface area contributed by atoms with E-state index in [4.69, 9.17) is 10.5 Å². The lowest BCUT2D eigenvalue weighted by atomic mass is 9.84. The maximum absolute atomic E-state index is 5.82. The predicted molar refractivity (Wildman–Crippen MR) is 77.4 cm³/mol. The molecule has 0 radical (unpaired) electrons. The number of nitrogen functional groups attached to an aromatic ring is 1. The largest absolute Gasteiger partial charge is 0.487 e. The van der Waals surface area contributed by atoms with E-state index in [1.54, 1.807) is 0 Å². The zero-order chi connectivity index (χ0) is 13.0. The van der Waals surface area contributed by atoms with Crippen LogP contribution in [0, 0.1) is 5.92 Å². The minimum absolute atomic E-state index is 0.507. The van der Waals surface area contributed by atoms with E-state index in [0.29, 0.717) is 18.5 Å². The summed E-state index contributed by atoms with van der Waals surface area (Å²) < 4.78 is 9.73. The minimum Gasteiger partial charge on any atom is -0.487 e. The summed E-state index contributed by atoms with van der Waals surface area (Å²) in [5, 5.41) is 4.57. The van der Waals surface area contributed by atoms with Gasteiger partial charge in [-0.25, -0.2) is 0 Å². The van der Waals surface area contributed by atoms with E-state index in [9.17, 15) is 0 Å². The van der Waals surface area contributed by atoms with Crippen LogP contribution in [0.3, 0.4) is 0 Å². The van der Waals surface area contributed by atoms with Crippen LogP contribution in [0.4, 0.5) is 10.8 Å². The molecular weight excluding hydrogens is 246 g/mol. The monoisotopic (exact) mass is 269 g/mol. The Bertz CT molecular complexity index is 380. The van der Waals surface area contributed by atoms with E-state index in [2.05, 4.69) is 16.6 Å². The van der Waals surface area contributed by atoms with Crippen molar-refractivity contribution in [1.29, 1.82) is 0 Å². The van der Waals surface area contributed by atoms with E-state index in [1.165, 1.54) is 43.6 Å². The third kappa shape index (κ3) is 3.07. The molecule has 2 unspecified atom stereocenters. The number of nitrogens with two attached hydrogens (primary N) is 1. The van der Waals surface area contributed by atoms with Crippen molar-refractivity contribution in [2.24, 2.45) is 5.92 Å². The van der Waals surface area contributed by atoms with Crippen molar-refractivity contribution in [3.8, 4) is 5.75 Å². The molecule has 0 aromatic carbocycles. The summed E-state index contributed by atoms with van der Waals surface area (Å²) in [4.78, 5) is 0. The van der Waals surface area contributed by atoms with E-state index in [0.717, 1.165) is 16.7 Å². The Balaban J connectivity index is 2.00. The average Bonchev–Trinajstić information content (AvgIpc) is 2.72. The summed E-state index contributed by atoms with van der Waals surface area (Å²) in [6.07, 6.45) is 6.45. The lowest BCUT2D eigenvalue weighted by Crippen LogP contribution is -2.26. The molecule has 4 nitrogen and oxygen atoms in total. The molecule has 0 saturated heterocycles. The highest BCUT2D eigenvalue weighted by atomic mass is 32.1. The molecule has 0 amide bonds. The SMILES string of the molecule is CCOc1c(N)nsc1NC1CCCC(CC)C1. The number of hydrogen-bond acceptors (Lipinski definition) is 5. The molecular formula is C13H23N3OS. The maximum atomic E-state index is 5.82. The number of anilines is 2. The van der Waals surface area contributed by atoms with Gasteiger partial charge in [0.1, 0.15) is 0 Å². The minimum atomic E-state index is 0.507. The molecule has 2 atom stereocenters. The molecule has 5 heteroatoms. The Kier molecular flexibility index (Phi) is 4.69. The van der Waals surface area contributed by atoms with Crippen molar-refractivity contribution < 1.29 is 4.74 Å². The van der Waals surface area contributed by atoms with Crippen molar-refractivity contribution >= 4 is 22.4 Å². The van der Waals surface area contributed by atoms with Crippen LogP contribution in [0.25, 0.3) is 0 Å². The molecule has 1 saturated carbocycles. The van der Waals surface area contributed by atoms with Crippen molar-refractivity contribution in [1.82, 2.24) is 4.37 Å². The van der Waals surface area contributed by atoms with Gasteiger partial charge in [-0.15, -0.1) is 0 Å². The second kappa shape index (κ2) is 6.27. The quantitative estimate of drug-likeness (QED) is 0.859. The van der Waals surface area contributed by atoms with Gasteiger partial charge >= 0.3 is 0 Å². The van der Waals surface area contributed by atoms with E-state index < -0.39 is 0 Å². The lowest BCUT2D eigenvalue weighted by molar-refractivity contribution is 0.324. The normalized spacial score (nSPS) is 23.9. The number of aromatic nitrogens is 1. The first-order chi connectivity index (χ1) is 8.74. The van der Waals surface area contributed by atoms with Crippen LogP contribution >= 0.6 is 11.5 Å². The first kappa shape index (κ1) is 13.5. The summed E-state index contributed by atoms with van der Waals surface area (Å²) in [6.45, 7) is 4.87. The van der Waals surface area contributed by atoms with Gasteiger partial charge in [0.05, 0.1) is 6.61 Å². The number of hydrogen-bond donors (Lipinski definition) is 2. The van der Waals surface area contributed by atoms with Gasteiger partial charge in [-0.1, -0.05) is 26.2 Å². The summed E-state index contributed by atoms with van der Waals surface area (Å²) in [7, 11) is 0. The first-order valence-corrected chi connectivity index (χ1v) is 7.66. The van der Waals surface area contributed by atoms with E-state index in [1.807, 2.05) is 6.92 Å². The highest BCUT2D eigenvalue weighted by molar-refractivity contribution is 7.11. The Labute approximate surface area is 113 Å². The molecule has 18 heavy (non-hydrogen) atoms. The Hall–Kier alpha value is -0.970. The van der Waals surface area contributed by atoms with Crippen molar-refractivity contribution in [3.05, 3.63) is 0 Å². The van der Waals surface area contributed by atoms with Crippen LogP contribution in [0.5, 0.6) is 5.75 Å². The second-order valence-corrected chi connectivity index (χ2v) is 5.71. The van der Waals surface area contributed by atoms with Gasteiger partial charge in [0.25, 0.3) is 0 Å². The van der Waals surface area contributed by atoms with Gasteiger partial charge in [-0.3, -0.25) is 0 Å². The fourth-order valence-corrected chi connectivity index (χ4v) is 3.39. The summed E-state index contributed by atoms with van der Waals surface area (Å²) >= 11 is 1.41. The van der Waals surface area contributed by atoms with Gasteiger partial charge in [0, 0.05) is 6.04 Å². The second-order valence-electron chi connectivity index (χ2n) is 4.94. The molecule has 102 valence electrons. The Morgan fingerprint density at radius 3 is 3.00 bits per heavy atom. The highest BCUT2D eigenvalue weighted by Gasteiger charge is 2.23. The van der Waals surface area contributed by atoms with E-state index >= 15 is 0 Å². The predicted octanol–water partition coefficient (Wildman–Crippen LogP) is 3.50. The van der Waals surface area contributed by atoms with Gasteiger partial charge in [0.2, 0.25) is 0 Å². The fraction of sp³-hybridized carbons (Fsp3) is 0.769. The third-order valence-electron chi connectivity index (χ3n) is 3.66. The molecule has 0 spiro atoms. The van der Waals surface area contributed by atoms with Gasteiger partial charge in [-0.2, -0.15) is 4.37 Å². The molecule has 1 aliphatic rings. The molecule has 1 aromatic rings. The zero-order valence-corrected chi connectivity index (χ0v) is 12.1. The highest BCUT2D eigenvalue weighted by Crippen LogP contribution is 2.37. The molecule has 1 aromatic heterocycles. The molecule has 1 aliphatic carbocycles. The van der Waals surface area contributed by atoms with Crippen molar-refractivity contribution in [2.45, 2.75) is 52.0 Å². The van der Waals surface area contributed by atoms with Crippen LogP contribution in [0.1, 0.15) is 46.0 Å². The van der Waals surface area contributed by atoms with Gasteiger partial charge < -0.3 is 15.8 Å². The van der Waals surface area contributed by atoms with Crippen molar-refractivity contribution in [3.63, 3.8) is 0 Å². The molecule has 0 aliphatic heterocycles. The van der Waals surface area contributed by atoms with E-state index in [-0.39, 0.29) is 0 Å². The lowest BCUT2D eigenvalue weighted by Gasteiger charge is -2.29. The van der Waals surface area contributed by atoms with Crippen LogP contribution in [-0.4, -0.2) is 17.0 Å². The summed E-state index contributed by atoms with van der Waals surface area (Å²) in [5.41, 5.74) is 5.82. The Morgan fingerprint density at radius 1 is 1.44 bits per heavy atom. The molecule has 1 fully saturated rings. The van der Waals surface area contributed by atoms with Crippen LogP contribution in [0.2, 0.25) is 0 Å². The number of nitrogens with zero attached hydrogens (tertiary/aromatic N) is 1. The first-order valence-electron chi connectivity index (χ1n) is 6.89. The number of ether oxygens (including phenoxy) is 1. The topological polar surface area (TPSA) is 60.2 Å². The van der Waals surface area contributed by atoms with Gasteiger partial charge in [-0.05, 0) is 37.2 Å². The summed E-state index contributed by atoms with van der Waals surface area (Å²) in [5.74, 6) is 2.10. The molecule has 3 N–H and O–H groups in total. The van der Waals surface area contributed by atoms with Crippen LogP contribution in [0.15, 0.2) is 0 Å². The molecule has 0 bridgehead atoms. The molecule has 1 heterocycles. The fourth-order valence-electron chi connectivity index (χ4n) is 2.65. The Morgan fingerprint density at radius 2 is 2.28 bits per heavy atom.